The third-order valence-electron chi connectivity index (χ3n) is 9.39. The van der Waals surface area contributed by atoms with E-state index in [9.17, 15) is 34.4 Å². The average molecular weight is 857 g/mol. The van der Waals surface area contributed by atoms with Crippen LogP contribution in [-0.4, -0.2) is 109 Å². The molecule has 0 amide bonds. The number of allylic oxidation sites excluding steroid dienone is 8. The molecule has 0 aliphatic carbocycles. The Balaban J connectivity index is 4.72. The van der Waals surface area contributed by atoms with E-state index >= 15 is 0 Å². The van der Waals surface area contributed by atoms with Gasteiger partial charge >= 0.3 is 19.8 Å². The molecule has 5 unspecified atom stereocenters. The summed E-state index contributed by atoms with van der Waals surface area (Å²) in [4.78, 5) is 35.4. The molecule has 0 aromatic rings. The molecule has 0 aromatic carbocycles. The van der Waals surface area contributed by atoms with Crippen LogP contribution in [0.1, 0.15) is 149 Å². The van der Waals surface area contributed by atoms with Gasteiger partial charge in [-0.3, -0.25) is 18.6 Å². The maximum atomic E-state index is 12.7. The van der Waals surface area contributed by atoms with Crippen LogP contribution in [-0.2, 0) is 32.7 Å². The Morgan fingerprint density at radius 3 is 1.80 bits per heavy atom. The van der Waals surface area contributed by atoms with Crippen molar-refractivity contribution in [2.75, 3.05) is 47.5 Å². The molecule has 4 N–H and O–H groups in total. The highest BCUT2D eigenvalue weighted by Gasteiger charge is 2.27. The van der Waals surface area contributed by atoms with Gasteiger partial charge in [0.1, 0.15) is 19.8 Å². The summed E-state index contributed by atoms with van der Waals surface area (Å²) in [5, 5.41) is 30.6. The van der Waals surface area contributed by atoms with Crippen molar-refractivity contribution in [2.45, 2.75) is 173 Å². The first kappa shape index (κ1) is 56.6. The van der Waals surface area contributed by atoms with Gasteiger partial charge in [-0.15, -0.1) is 0 Å². The zero-order valence-electron chi connectivity index (χ0n) is 37.3. The van der Waals surface area contributed by atoms with Gasteiger partial charge in [0.25, 0.3) is 0 Å². The molecule has 0 heterocycles. The second-order valence-corrected chi connectivity index (χ2v) is 17.7. The lowest BCUT2D eigenvalue weighted by Gasteiger charge is -2.24. The molecule has 0 rings (SSSR count). The van der Waals surface area contributed by atoms with E-state index in [1.807, 2.05) is 21.1 Å². The fourth-order valence-corrected chi connectivity index (χ4v) is 6.43. The number of carbonyl (C=O) groups is 2. The van der Waals surface area contributed by atoms with E-state index in [1.165, 1.54) is 44.6 Å². The van der Waals surface area contributed by atoms with Gasteiger partial charge in [0.2, 0.25) is 0 Å². The summed E-state index contributed by atoms with van der Waals surface area (Å²) < 4.78 is 34.0. The van der Waals surface area contributed by atoms with E-state index in [0.29, 0.717) is 17.4 Å². The number of carbonyl (C=O) groups excluding carboxylic acids is 2. The monoisotopic (exact) mass is 857 g/mol. The van der Waals surface area contributed by atoms with Gasteiger partial charge < -0.3 is 34.2 Å². The molecule has 0 aliphatic heterocycles. The van der Waals surface area contributed by atoms with Crippen LogP contribution in [0.25, 0.3) is 0 Å². The Labute approximate surface area is 357 Å². The van der Waals surface area contributed by atoms with E-state index in [-0.39, 0.29) is 38.9 Å². The minimum Gasteiger partial charge on any atom is -0.462 e. The number of hydrogen-bond donors (Lipinski definition) is 4. The third kappa shape index (κ3) is 39.5. The van der Waals surface area contributed by atoms with Crippen molar-refractivity contribution in [3.63, 3.8) is 0 Å². The normalized spacial score (nSPS) is 15.7. The van der Waals surface area contributed by atoms with E-state index in [0.717, 1.165) is 64.2 Å². The number of esters is 2. The number of ether oxygens (including phenoxy) is 2. The minimum atomic E-state index is -4.48. The first-order valence-corrected chi connectivity index (χ1v) is 23.8. The van der Waals surface area contributed by atoms with Gasteiger partial charge in [0.15, 0.2) is 6.10 Å². The van der Waals surface area contributed by atoms with Crippen LogP contribution >= 0.6 is 7.82 Å². The summed E-state index contributed by atoms with van der Waals surface area (Å²) >= 11 is 0. The molecule has 0 aliphatic rings. The summed E-state index contributed by atoms with van der Waals surface area (Å²) in [5.74, 6) is -1.14. The maximum absolute atomic E-state index is 12.7. The molecule has 59 heavy (non-hydrogen) atoms. The van der Waals surface area contributed by atoms with Crippen LogP contribution in [0.2, 0.25) is 0 Å². The van der Waals surface area contributed by atoms with Crippen LogP contribution < -0.4 is 0 Å². The van der Waals surface area contributed by atoms with E-state index in [1.54, 1.807) is 42.5 Å². The lowest BCUT2D eigenvalue weighted by Crippen LogP contribution is -2.37. The van der Waals surface area contributed by atoms with Crippen LogP contribution in [0.15, 0.2) is 60.8 Å². The molecule has 0 fully saturated rings. The highest BCUT2D eigenvalue weighted by Crippen LogP contribution is 2.43. The third-order valence-corrected chi connectivity index (χ3v) is 10.4. The lowest BCUT2D eigenvalue weighted by atomic mass is 10.1. The summed E-state index contributed by atoms with van der Waals surface area (Å²) in [7, 11) is 1.25. The fourth-order valence-electron chi connectivity index (χ4n) is 5.69. The first-order chi connectivity index (χ1) is 28.2. The summed E-state index contributed by atoms with van der Waals surface area (Å²) in [5.41, 5.74) is 0. The van der Waals surface area contributed by atoms with E-state index < -0.39 is 50.8 Å². The van der Waals surface area contributed by atoms with Crippen molar-refractivity contribution in [1.29, 1.82) is 0 Å². The number of aliphatic hydroxyl groups excluding tert-OH is 3. The number of hydrogen-bond acceptors (Lipinski definition) is 10. The van der Waals surface area contributed by atoms with Crippen LogP contribution in [0.5, 0.6) is 0 Å². The number of quaternary nitrogens is 1. The molecule has 5 atom stereocenters. The van der Waals surface area contributed by atoms with Gasteiger partial charge in [-0.05, 0) is 51.4 Å². The lowest BCUT2D eigenvalue weighted by molar-refractivity contribution is -0.870. The largest absolute Gasteiger partial charge is 0.472 e. The summed E-state index contributed by atoms with van der Waals surface area (Å²) in [6.45, 7) is 3.88. The zero-order valence-corrected chi connectivity index (χ0v) is 38.2. The standard InChI is InChI=1S/C46H82NO11P/c1-6-8-10-11-12-13-14-15-16-17-18-19-20-25-29-35-45(51)55-39-42(40-57-59(53,54)56-38-37-47(3,4)5)58-46(52)36-30-34-44(50)43(49)33-28-24-22-21-23-27-32-41(48)31-26-9-7-2/h15-16,21-24,27-28,32-33,41-44,48-50H,6-14,17-20,25-26,29-31,34-40H2,1-5H3/p+1/b16-15-,23-21+,24-22-,32-27-,33-28-. The Kier molecular flexibility index (Phi) is 35.8. The van der Waals surface area contributed by atoms with Crippen molar-refractivity contribution in [2.24, 2.45) is 0 Å². The number of nitrogens with zero attached hydrogens (tertiary/aromatic N) is 1. The van der Waals surface area contributed by atoms with Crippen LogP contribution in [0.4, 0.5) is 0 Å². The highest BCUT2D eigenvalue weighted by molar-refractivity contribution is 7.47. The molecule has 0 radical (unpaired) electrons. The minimum absolute atomic E-state index is 0.0357. The van der Waals surface area contributed by atoms with Crippen LogP contribution in [0.3, 0.4) is 0 Å². The van der Waals surface area contributed by atoms with Crippen molar-refractivity contribution < 1.29 is 57.4 Å². The number of rotatable bonds is 39. The van der Waals surface area contributed by atoms with Crippen molar-refractivity contribution >= 4 is 19.8 Å². The number of unbranched alkanes of at least 4 members (excludes halogenated alkanes) is 13. The molecule has 0 spiro atoms. The first-order valence-electron chi connectivity index (χ1n) is 22.3. The van der Waals surface area contributed by atoms with E-state index in [4.69, 9.17) is 18.5 Å². The molecule has 0 saturated carbocycles. The Bertz CT molecular complexity index is 1240. The Morgan fingerprint density at radius 2 is 1.17 bits per heavy atom. The number of aliphatic hydroxyl groups is 3. The fraction of sp³-hybridized carbons (Fsp3) is 0.739. The molecular weight excluding hydrogens is 773 g/mol. The second kappa shape index (κ2) is 37.4. The van der Waals surface area contributed by atoms with Gasteiger partial charge in [-0.2, -0.15) is 0 Å². The molecule has 12 nitrogen and oxygen atoms in total. The Hall–Kier alpha value is -2.41. The van der Waals surface area contributed by atoms with Gasteiger partial charge in [-0.25, -0.2) is 4.57 Å². The van der Waals surface area contributed by atoms with Gasteiger partial charge in [0, 0.05) is 12.8 Å². The molecular formula is C46H83NO11P+. The molecule has 0 saturated heterocycles. The number of likely N-dealkylation sites (N-methyl/N-ethyl adjacent to an activating group) is 1. The van der Waals surface area contributed by atoms with Gasteiger partial charge in [-0.1, -0.05) is 145 Å². The number of phosphoric acid groups is 1. The van der Waals surface area contributed by atoms with Crippen molar-refractivity contribution in [3.05, 3.63) is 60.8 Å². The molecule has 0 bridgehead atoms. The quantitative estimate of drug-likeness (QED) is 0.0116. The molecule has 13 heteroatoms. The zero-order chi connectivity index (χ0) is 44.0. The smallest absolute Gasteiger partial charge is 0.462 e. The Morgan fingerprint density at radius 1 is 0.627 bits per heavy atom. The molecule has 342 valence electrons. The average Bonchev–Trinajstić information content (AvgIpc) is 3.17. The van der Waals surface area contributed by atoms with Gasteiger partial charge in [0.05, 0.1) is 46.1 Å². The van der Waals surface area contributed by atoms with Crippen molar-refractivity contribution in [1.82, 2.24) is 0 Å². The summed E-state index contributed by atoms with van der Waals surface area (Å²) in [6.07, 6.45) is 33.5. The molecule has 0 aromatic heterocycles. The maximum Gasteiger partial charge on any atom is 0.472 e. The second-order valence-electron chi connectivity index (χ2n) is 16.3. The number of phosphoric ester groups is 1. The van der Waals surface area contributed by atoms with Crippen molar-refractivity contribution in [3.8, 4) is 0 Å². The SMILES string of the molecule is CCCCCCCC/C=C\CCCCCCCC(=O)OCC(COP(=O)(O)OCC[N+](C)(C)C)OC(=O)CCCC(O)C(O)\C=C/C=C\C=C\C=C/C(O)CCCCC. The topological polar surface area (TPSA) is 169 Å². The highest BCUT2D eigenvalue weighted by atomic mass is 31.2. The van der Waals surface area contributed by atoms with E-state index in [2.05, 4.69) is 26.0 Å². The predicted molar refractivity (Wildman–Crippen MR) is 237 cm³/mol. The van der Waals surface area contributed by atoms with Crippen LogP contribution in [0, 0.1) is 0 Å². The summed E-state index contributed by atoms with van der Waals surface area (Å²) in [6, 6.07) is 0. The predicted octanol–water partition coefficient (Wildman–Crippen LogP) is 9.38.